The van der Waals surface area contributed by atoms with E-state index in [0.29, 0.717) is 17.8 Å². The minimum Gasteiger partial charge on any atom is -0.481 e. The first-order valence-electron chi connectivity index (χ1n) is 12.7. The normalized spacial score (nSPS) is 21.0. The van der Waals surface area contributed by atoms with Crippen LogP contribution in [0.25, 0.3) is 34.0 Å². The van der Waals surface area contributed by atoms with Crippen LogP contribution in [0.1, 0.15) is 48.4 Å². The number of aliphatic carboxylic acids is 1. The topological polar surface area (TPSA) is 88.2 Å². The Morgan fingerprint density at radius 2 is 1.81 bits per heavy atom. The predicted octanol–water partition coefficient (Wildman–Crippen LogP) is 6.21. The van der Waals surface area contributed by atoms with Gasteiger partial charge in [0.25, 0.3) is 5.89 Å². The molecule has 0 saturated heterocycles. The Kier molecular flexibility index (Phi) is 5.89. The Morgan fingerprint density at radius 1 is 1.00 bits per heavy atom. The van der Waals surface area contributed by atoms with Gasteiger partial charge >= 0.3 is 5.97 Å². The molecular formula is C30H29N3O3. The number of aromatic nitrogens is 2. The van der Waals surface area contributed by atoms with Crippen molar-refractivity contribution >= 4 is 5.97 Å². The average Bonchev–Trinajstić information content (AvgIpc) is 3.36. The highest BCUT2D eigenvalue weighted by molar-refractivity contribution is 5.72. The standard InChI is InChI=1S/C30H29N3O3/c1-18-14-22(11-12-25(18)19-6-3-2-4-7-19)29-32-28(33-36-29)21-10-13-26-20(15-21)8-5-9-27(26)31-24-16-23(17-24)30(34)35/h2-4,6-7,10-15,23-24,27,31H,5,8-9,16-17H2,1H3,(H,34,35). The van der Waals surface area contributed by atoms with Crippen LogP contribution in [0.3, 0.4) is 0 Å². The Bertz CT molecular complexity index is 1410. The summed E-state index contributed by atoms with van der Waals surface area (Å²) in [7, 11) is 0. The van der Waals surface area contributed by atoms with E-state index in [4.69, 9.17) is 14.6 Å². The number of carboxylic acid groups (broad SMARTS) is 1. The monoisotopic (exact) mass is 479 g/mol. The third-order valence-electron chi connectivity index (χ3n) is 7.62. The van der Waals surface area contributed by atoms with Crippen LogP contribution in [-0.4, -0.2) is 27.3 Å². The third-order valence-corrected chi connectivity index (χ3v) is 7.62. The number of hydrogen-bond donors (Lipinski definition) is 2. The molecule has 182 valence electrons. The van der Waals surface area contributed by atoms with Gasteiger partial charge in [-0.25, -0.2) is 0 Å². The van der Waals surface area contributed by atoms with Crippen LogP contribution < -0.4 is 5.32 Å². The van der Waals surface area contributed by atoms with Crippen molar-refractivity contribution < 1.29 is 14.4 Å². The van der Waals surface area contributed by atoms with Crippen molar-refractivity contribution in [2.75, 3.05) is 0 Å². The van der Waals surface area contributed by atoms with Gasteiger partial charge in [-0.15, -0.1) is 0 Å². The molecule has 0 amide bonds. The maximum absolute atomic E-state index is 11.1. The van der Waals surface area contributed by atoms with Gasteiger partial charge in [0.2, 0.25) is 5.82 Å². The second-order valence-electron chi connectivity index (χ2n) is 10.0. The lowest BCUT2D eigenvalue weighted by Gasteiger charge is -2.38. The number of hydrogen-bond acceptors (Lipinski definition) is 5. The van der Waals surface area contributed by atoms with E-state index in [1.54, 1.807) is 0 Å². The Labute approximate surface area is 210 Å². The van der Waals surface area contributed by atoms with Crippen molar-refractivity contribution in [1.82, 2.24) is 15.5 Å². The summed E-state index contributed by atoms with van der Waals surface area (Å²) in [6.07, 6.45) is 4.64. The SMILES string of the molecule is Cc1cc(-c2nc(-c3ccc4c(c3)CCCC4NC3CC(C(=O)O)C3)no2)ccc1-c1ccccc1. The van der Waals surface area contributed by atoms with E-state index < -0.39 is 5.97 Å². The number of carboxylic acids is 1. The highest BCUT2D eigenvalue weighted by Crippen LogP contribution is 2.36. The minimum absolute atomic E-state index is 0.196. The average molecular weight is 480 g/mol. The van der Waals surface area contributed by atoms with E-state index in [-0.39, 0.29) is 12.0 Å². The molecule has 0 radical (unpaired) electrons. The van der Waals surface area contributed by atoms with Gasteiger partial charge in [-0.3, -0.25) is 4.79 Å². The van der Waals surface area contributed by atoms with E-state index in [1.807, 2.05) is 24.3 Å². The van der Waals surface area contributed by atoms with Crippen LogP contribution in [0.4, 0.5) is 0 Å². The van der Waals surface area contributed by atoms with Crippen LogP contribution in [-0.2, 0) is 11.2 Å². The summed E-state index contributed by atoms with van der Waals surface area (Å²) in [5.74, 6) is 0.237. The van der Waals surface area contributed by atoms with Crippen LogP contribution in [0, 0.1) is 12.8 Å². The van der Waals surface area contributed by atoms with Crippen molar-refractivity contribution in [1.29, 1.82) is 0 Å². The molecule has 1 fully saturated rings. The van der Waals surface area contributed by atoms with Crippen LogP contribution in [0.2, 0.25) is 0 Å². The molecule has 6 heteroatoms. The number of rotatable bonds is 6. The zero-order valence-electron chi connectivity index (χ0n) is 20.3. The lowest BCUT2D eigenvalue weighted by molar-refractivity contribution is -0.145. The van der Waals surface area contributed by atoms with E-state index in [2.05, 4.69) is 59.9 Å². The number of aryl methyl sites for hydroxylation is 2. The summed E-state index contributed by atoms with van der Waals surface area (Å²) < 4.78 is 5.65. The Balaban J connectivity index is 1.20. The molecule has 1 saturated carbocycles. The zero-order valence-corrected chi connectivity index (χ0v) is 20.3. The van der Waals surface area contributed by atoms with Crippen molar-refractivity contribution in [3.63, 3.8) is 0 Å². The quantitative estimate of drug-likeness (QED) is 0.342. The van der Waals surface area contributed by atoms with E-state index in [0.717, 1.165) is 48.8 Å². The maximum Gasteiger partial charge on any atom is 0.306 e. The summed E-state index contributed by atoms with van der Waals surface area (Å²) in [4.78, 5) is 15.8. The Morgan fingerprint density at radius 3 is 2.58 bits per heavy atom. The first-order valence-corrected chi connectivity index (χ1v) is 12.7. The third kappa shape index (κ3) is 4.33. The molecule has 0 spiro atoms. The fourth-order valence-electron chi connectivity index (χ4n) is 5.56. The molecule has 0 bridgehead atoms. The van der Waals surface area contributed by atoms with Crippen LogP contribution in [0.15, 0.2) is 71.3 Å². The molecule has 36 heavy (non-hydrogen) atoms. The van der Waals surface area contributed by atoms with Gasteiger partial charge in [0.15, 0.2) is 0 Å². The molecule has 2 N–H and O–H groups in total. The molecule has 4 aromatic rings. The fourth-order valence-corrected chi connectivity index (χ4v) is 5.56. The molecular weight excluding hydrogens is 450 g/mol. The summed E-state index contributed by atoms with van der Waals surface area (Å²) in [6, 6.07) is 23.6. The first kappa shape index (κ1) is 22.7. The van der Waals surface area contributed by atoms with Crippen molar-refractivity contribution in [3.05, 3.63) is 83.4 Å². The molecule has 1 aromatic heterocycles. The van der Waals surface area contributed by atoms with Crippen LogP contribution in [0.5, 0.6) is 0 Å². The molecule has 1 unspecified atom stereocenters. The van der Waals surface area contributed by atoms with Gasteiger partial charge in [0.1, 0.15) is 0 Å². The molecule has 3 aromatic carbocycles. The van der Waals surface area contributed by atoms with E-state index in [1.165, 1.54) is 22.3 Å². The van der Waals surface area contributed by atoms with Crippen molar-refractivity contribution in [3.8, 4) is 34.0 Å². The summed E-state index contributed by atoms with van der Waals surface area (Å²) in [5, 5.41) is 17.1. The maximum atomic E-state index is 11.1. The highest BCUT2D eigenvalue weighted by Gasteiger charge is 2.36. The number of carbonyl (C=O) groups is 1. The van der Waals surface area contributed by atoms with Gasteiger partial charge in [-0.2, -0.15) is 4.98 Å². The lowest BCUT2D eigenvalue weighted by Crippen LogP contribution is -2.46. The molecule has 0 aliphatic heterocycles. The predicted molar refractivity (Wildman–Crippen MR) is 138 cm³/mol. The number of nitrogens with zero attached hydrogens (tertiary/aromatic N) is 2. The van der Waals surface area contributed by atoms with Crippen molar-refractivity contribution in [2.45, 2.75) is 51.1 Å². The highest BCUT2D eigenvalue weighted by atomic mass is 16.5. The summed E-state index contributed by atoms with van der Waals surface area (Å²) in [6.45, 7) is 2.10. The molecule has 1 atom stereocenters. The molecule has 6 rings (SSSR count). The fraction of sp³-hybridized carbons (Fsp3) is 0.300. The van der Waals surface area contributed by atoms with Gasteiger partial charge in [0, 0.05) is 23.2 Å². The second kappa shape index (κ2) is 9.36. The molecule has 2 aliphatic rings. The lowest BCUT2D eigenvalue weighted by atomic mass is 9.78. The van der Waals surface area contributed by atoms with Gasteiger partial charge in [-0.05, 0) is 85.0 Å². The molecule has 2 aliphatic carbocycles. The van der Waals surface area contributed by atoms with Crippen molar-refractivity contribution in [2.24, 2.45) is 5.92 Å². The molecule has 1 heterocycles. The van der Waals surface area contributed by atoms with Gasteiger partial charge in [-0.1, -0.05) is 53.7 Å². The largest absolute Gasteiger partial charge is 0.481 e. The number of fused-ring (bicyclic) bond motifs is 1. The number of benzene rings is 3. The van der Waals surface area contributed by atoms with Gasteiger partial charge in [0.05, 0.1) is 5.92 Å². The van der Waals surface area contributed by atoms with Gasteiger partial charge < -0.3 is 14.9 Å². The zero-order chi connectivity index (χ0) is 24.6. The van der Waals surface area contributed by atoms with E-state index in [9.17, 15) is 4.79 Å². The van der Waals surface area contributed by atoms with Crippen LogP contribution >= 0.6 is 0 Å². The summed E-state index contributed by atoms with van der Waals surface area (Å²) >= 11 is 0. The minimum atomic E-state index is -0.677. The molecule has 6 nitrogen and oxygen atoms in total. The van der Waals surface area contributed by atoms with E-state index >= 15 is 0 Å². The number of nitrogens with one attached hydrogen (secondary N) is 1. The Hall–Kier alpha value is -3.77. The second-order valence-corrected chi connectivity index (χ2v) is 10.0. The first-order chi connectivity index (χ1) is 17.5. The smallest absolute Gasteiger partial charge is 0.306 e. The summed E-state index contributed by atoms with van der Waals surface area (Å²) in [5.41, 5.74) is 8.02.